The number of rotatable bonds is 5. The minimum Gasteiger partial charge on any atom is -0.497 e. The molecular formula is C28H30N4O. The summed E-state index contributed by atoms with van der Waals surface area (Å²) in [6.45, 7) is 4.85. The van der Waals surface area contributed by atoms with Crippen LogP contribution in [0.4, 0.5) is 5.82 Å². The molecule has 2 aromatic carbocycles. The van der Waals surface area contributed by atoms with E-state index in [2.05, 4.69) is 76.4 Å². The van der Waals surface area contributed by atoms with Crippen molar-refractivity contribution in [2.24, 2.45) is 5.92 Å². The Kier molecular flexibility index (Phi) is 5.07. The first-order chi connectivity index (χ1) is 16.2. The van der Waals surface area contributed by atoms with Crippen LogP contribution in [-0.4, -0.2) is 46.7 Å². The van der Waals surface area contributed by atoms with Crippen LogP contribution in [0.25, 0.3) is 27.7 Å². The maximum absolute atomic E-state index is 5.29. The standard InChI is InChI=1S/C28H30N4O/c1-19-28(20-11-14-31(19)15-12-20)30-27-10-4-23(18-29-27)21-3-9-26-22(17-21)13-16-32(26)24-5-7-25(33-2)8-6-24/h3-10,13,16-20,28H,11-12,14-15H2,1-2H3,(H,29,30). The van der Waals surface area contributed by atoms with Crippen LogP contribution in [0.1, 0.15) is 19.8 Å². The second-order valence-corrected chi connectivity index (χ2v) is 9.37. The van der Waals surface area contributed by atoms with E-state index in [1.165, 1.54) is 42.4 Å². The smallest absolute Gasteiger partial charge is 0.126 e. The predicted octanol–water partition coefficient (Wildman–Crippen LogP) is 5.60. The molecule has 5 heterocycles. The molecule has 0 aliphatic carbocycles. The summed E-state index contributed by atoms with van der Waals surface area (Å²) < 4.78 is 7.49. The highest BCUT2D eigenvalue weighted by molar-refractivity contribution is 5.87. The van der Waals surface area contributed by atoms with Crippen molar-refractivity contribution in [3.63, 3.8) is 0 Å². The van der Waals surface area contributed by atoms with Crippen molar-refractivity contribution in [2.75, 3.05) is 25.5 Å². The summed E-state index contributed by atoms with van der Waals surface area (Å²) >= 11 is 0. The molecule has 5 nitrogen and oxygen atoms in total. The Balaban J connectivity index is 1.22. The number of ether oxygens (including phenoxy) is 1. The first kappa shape index (κ1) is 20.3. The Hall–Kier alpha value is -3.31. The van der Waals surface area contributed by atoms with E-state index in [0.717, 1.165) is 28.7 Å². The SMILES string of the molecule is COc1ccc(-n2ccc3cc(-c4ccc(NC5C6CCN(CC6)C5C)nc4)ccc32)cc1. The van der Waals surface area contributed by atoms with Gasteiger partial charge in [-0.2, -0.15) is 0 Å². The number of anilines is 1. The molecule has 33 heavy (non-hydrogen) atoms. The quantitative estimate of drug-likeness (QED) is 0.441. The summed E-state index contributed by atoms with van der Waals surface area (Å²) in [7, 11) is 1.69. The molecule has 3 saturated heterocycles. The molecule has 1 N–H and O–H groups in total. The minimum absolute atomic E-state index is 0.500. The second kappa shape index (κ2) is 8.23. The second-order valence-electron chi connectivity index (χ2n) is 9.37. The number of nitrogens with one attached hydrogen (secondary N) is 1. The third kappa shape index (κ3) is 3.66. The highest BCUT2D eigenvalue weighted by atomic mass is 16.5. The van der Waals surface area contributed by atoms with Crippen molar-refractivity contribution in [1.82, 2.24) is 14.5 Å². The lowest BCUT2D eigenvalue weighted by Crippen LogP contribution is -2.59. The number of piperidine rings is 3. The Morgan fingerprint density at radius 1 is 0.939 bits per heavy atom. The van der Waals surface area contributed by atoms with Crippen LogP contribution < -0.4 is 10.1 Å². The molecule has 2 aromatic heterocycles. The zero-order valence-corrected chi connectivity index (χ0v) is 19.2. The zero-order valence-electron chi connectivity index (χ0n) is 19.2. The summed E-state index contributed by atoms with van der Waals surface area (Å²) in [5, 5.41) is 4.95. The average Bonchev–Trinajstić information content (AvgIpc) is 3.30. The van der Waals surface area contributed by atoms with E-state index in [1.54, 1.807) is 7.11 Å². The van der Waals surface area contributed by atoms with E-state index in [4.69, 9.17) is 9.72 Å². The van der Waals surface area contributed by atoms with Crippen LogP contribution in [0.3, 0.4) is 0 Å². The van der Waals surface area contributed by atoms with Crippen LogP contribution in [0.15, 0.2) is 73.1 Å². The molecule has 2 bridgehead atoms. The van der Waals surface area contributed by atoms with Gasteiger partial charge in [-0.25, -0.2) is 4.98 Å². The Labute approximate surface area is 195 Å². The van der Waals surface area contributed by atoms with Crippen LogP contribution in [-0.2, 0) is 0 Å². The van der Waals surface area contributed by atoms with Gasteiger partial charge < -0.3 is 14.6 Å². The maximum Gasteiger partial charge on any atom is 0.126 e. The fraction of sp³-hybridized carbons (Fsp3) is 0.321. The summed E-state index contributed by atoms with van der Waals surface area (Å²) in [6, 6.07) is 22.3. The monoisotopic (exact) mass is 438 g/mol. The number of hydrogen-bond donors (Lipinski definition) is 1. The summed E-state index contributed by atoms with van der Waals surface area (Å²) in [5.41, 5.74) is 4.64. The molecule has 0 saturated carbocycles. The van der Waals surface area contributed by atoms with E-state index in [1.807, 2.05) is 18.3 Å². The fourth-order valence-corrected chi connectivity index (χ4v) is 5.66. The molecule has 0 radical (unpaired) electrons. The van der Waals surface area contributed by atoms with Crippen molar-refractivity contribution in [3.05, 3.63) is 73.1 Å². The fourth-order valence-electron chi connectivity index (χ4n) is 5.66. The Bertz CT molecular complexity index is 1250. The molecule has 4 aromatic rings. The summed E-state index contributed by atoms with van der Waals surface area (Å²) in [6.07, 6.45) is 6.72. The lowest BCUT2D eigenvalue weighted by Gasteiger charge is -2.50. The van der Waals surface area contributed by atoms with Crippen LogP contribution in [0.2, 0.25) is 0 Å². The van der Waals surface area contributed by atoms with Gasteiger partial charge in [0.2, 0.25) is 0 Å². The van der Waals surface area contributed by atoms with Gasteiger partial charge in [0.1, 0.15) is 11.6 Å². The Morgan fingerprint density at radius 3 is 2.42 bits per heavy atom. The molecule has 5 heteroatoms. The number of aromatic nitrogens is 2. The van der Waals surface area contributed by atoms with Gasteiger partial charge >= 0.3 is 0 Å². The molecule has 7 rings (SSSR count). The van der Waals surface area contributed by atoms with E-state index in [9.17, 15) is 0 Å². The molecule has 0 spiro atoms. The molecular weight excluding hydrogens is 408 g/mol. The van der Waals surface area contributed by atoms with Gasteiger partial charge in [-0.1, -0.05) is 6.07 Å². The predicted molar refractivity (Wildman–Crippen MR) is 134 cm³/mol. The summed E-state index contributed by atoms with van der Waals surface area (Å²) in [4.78, 5) is 7.38. The van der Waals surface area contributed by atoms with Crippen LogP contribution in [0, 0.1) is 5.92 Å². The van der Waals surface area contributed by atoms with E-state index in [0.29, 0.717) is 12.1 Å². The zero-order chi connectivity index (χ0) is 22.4. The molecule has 3 fully saturated rings. The number of pyridine rings is 1. The molecule has 168 valence electrons. The van der Waals surface area contributed by atoms with E-state index >= 15 is 0 Å². The first-order valence-electron chi connectivity index (χ1n) is 11.9. The van der Waals surface area contributed by atoms with Gasteiger partial charge in [-0.15, -0.1) is 0 Å². The van der Waals surface area contributed by atoms with Crippen molar-refractivity contribution >= 4 is 16.7 Å². The maximum atomic E-state index is 5.29. The van der Waals surface area contributed by atoms with E-state index < -0.39 is 0 Å². The molecule has 2 atom stereocenters. The van der Waals surface area contributed by atoms with Crippen LogP contribution >= 0.6 is 0 Å². The number of nitrogens with zero attached hydrogens (tertiary/aromatic N) is 3. The Morgan fingerprint density at radius 2 is 1.73 bits per heavy atom. The molecule has 2 unspecified atom stereocenters. The van der Waals surface area contributed by atoms with Gasteiger partial charge in [0.15, 0.2) is 0 Å². The first-order valence-corrected chi connectivity index (χ1v) is 11.9. The average molecular weight is 439 g/mol. The van der Waals surface area contributed by atoms with Crippen molar-refractivity contribution < 1.29 is 4.74 Å². The van der Waals surface area contributed by atoms with Gasteiger partial charge in [0.25, 0.3) is 0 Å². The molecule has 0 amide bonds. The topological polar surface area (TPSA) is 42.3 Å². The van der Waals surface area contributed by atoms with E-state index in [-0.39, 0.29) is 0 Å². The van der Waals surface area contributed by atoms with Crippen LogP contribution in [0.5, 0.6) is 5.75 Å². The lowest BCUT2D eigenvalue weighted by atomic mass is 9.79. The number of benzene rings is 2. The third-order valence-electron chi connectivity index (χ3n) is 7.63. The molecule has 3 aliphatic rings. The minimum atomic E-state index is 0.500. The van der Waals surface area contributed by atoms with Crippen molar-refractivity contribution in [3.8, 4) is 22.6 Å². The largest absolute Gasteiger partial charge is 0.497 e. The lowest BCUT2D eigenvalue weighted by molar-refractivity contribution is 0.0457. The van der Waals surface area contributed by atoms with Crippen molar-refractivity contribution in [1.29, 1.82) is 0 Å². The summed E-state index contributed by atoms with van der Waals surface area (Å²) in [5.74, 6) is 2.62. The van der Waals surface area contributed by atoms with Crippen molar-refractivity contribution in [2.45, 2.75) is 31.8 Å². The number of methoxy groups -OCH3 is 1. The molecule has 3 aliphatic heterocycles. The normalized spacial score (nSPS) is 24.2. The highest BCUT2D eigenvalue weighted by Crippen LogP contribution is 2.34. The number of fused-ring (bicyclic) bond motifs is 4. The van der Waals surface area contributed by atoms with Gasteiger partial charge in [0.05, 0.1) is 12.6 Å². The highest BCUT2D eigenvalue weighted by Gasteiger charge is 2.39. The van der Waals surface area contributed by atoms with Gasteiger partial charge in [-0.05, 0) is 98.9 Å². The van der Waals surface area contributed by atoms with Gasteiger partial charge in [-0.3, -0.25) is 4.90 Å². The third-order valence-corrected chi connectivity index (χ3v) is 7.63. The number of hydrogen-bond acceptors (Lipinski definition) is 4. The van der Waals surface area contributed by atoms with Gasteiger partial charge in [0, 0.05) is 41.1 Å².